The summed E-state index contributed by atoms with van der Waals surface area (Å²) in [5.41, 5.74) is 0.393. The van der Waals surface area contributed by atoms with E-state index in [1.165, 1.54) is 6.42 Å². The van der Waals surface area contributed by atoms with Crippen molar-refractivity contribution in [3.05, 3.63) is 24.2 Å². The lowest BCUT2D eigenvalue weighted by molar-refractivity contribution is 0.104. The van der Waals surface area contributed by atoms with Crippen LogP contribution >= 0.6 is 24.0 Å². The van der Waals surface area contributed by atoms with E-state index in [-0.39, 0.29) is 24.0 Å². The molecule has 0 atom stereocenters. The molecule has 1 N–H and O–H groups in total. The number of nitrogens with one attached hydrogen (secondary N) is 1. The molecule has 0 radical (unpaired) electrons. The van der Waals surface area contributed by atoms with Crippen LogP contribution in [0.15, 0.2) is 27.8 Å². The number of guanidine groups is 1. The Bertz CT molecular complexity index is 446. The zero-order valence-corrected chi connectivity index (χ0v) is 16.1. The predicted octanol–water partition coefficient (Wildman–Crippen LogP) is 3.11. The van der Waals surface area contributed by atoms with E-state index in [1.54, 1.807) is 6.26 Å². The summed E-state index contributed by atoms with van der Waals surface area (Å²) in [6.07, 6.45) is 3.85. The Morgan fingerprint density at radius 1 is 1.50 bits per heavy atom. The standard InChI is InChI=1S/C16H27N3O2.HI/c1-16(2)7-9-19(13-16)15(17-3)18-8-5-10-20-12-14-6-4-11-21-14;/h4,6,11H,5,7-10,12-13H2,1-3H3,(H,17,18);1H. The molecule has 0 aromatic carbocycles. The van der Waals surface area contributed by atoms with Crippen molar-refractivity contribution in [3.63, 3.8) is 0 Å². The van der Waals surface area contributed by atoms with E-state index < -0.39 is 0 Å². The number of ether oxygens (including phenoxy) is 1. The van der Waals surface area contributed by atoms with Gasteiger partial charge in [-0.2, -0.15) is 0 Å². The molecule has 1 aliphatic rings. The second-order valence-electron chi connectivity index (χ2n) is 6.30. The van der Waals surface area contributed by atoms with Gasteiger partial charge in [0.1, 0.15) is 12.4 Å². The predicted molar refractivity (Wildman–Crippen MR) is 99.7 cm³/mol. The Balaban J connectivity index is 0.00000242. The molecule has 5 nitrogen and oxygen atoms in total. The summed E-state index contributed by atoms with van der Waals surface area (Å²) >= 11 is 0. The van der Waals surface area contributed by atoms with Gasteiger partial charge < -0.3 is 19.4 Å². The first-order valence-electron chi connectivity index (χ1n) is 7.66. The minimum Gasteiger partial charge on any atom is -0.467 e. The third-order valence-electron chi connectivity index (χ3n) is 3.76. The minimum absolute atomic E-state index is 0. The molecule has 1 aliphatic heterocycles. The quantitative estimate of drug-likeness (QED) is 0.332. The van der Waals surface area contributed by atoms with Gasteiger partial charge in [-0.05, 0) is 30.4 Å². The van der Waals surface area contributed by atoms with Crippen LogP contribution in [0.2, 0.25) is 0 Å². The van der Waals surface area contributed by atoms with Gasteiger partial charge in [-0.1, -0.05) is 13.8 Å². The highest BCUT2D eigenvalue weighted by Gasteiger charge is 2.30. The largest absolute Gasteiger partial charge is 0.467 e. The summed E-state index contributed by atoms with van der Waals surface area (Å²) in [5.74, 6) is 1.88. The summed E-state index contributed by atoms with van der Waals surface area (Å²) in [6, 6.07) is 3.80. The van der Waals surface area contributed by atoms with Gasteiger partial charge in [0, 0.05) is 33.3 Å². The Kier molecular flexibility index (Phi) is 8.24. The summed E-state index contributed by atoms with van der Waals surface area (Å²) in [5, 5.41) is 3.42. The van der Waals surface area contributed by atoms with Crippen molar-refractivity contribution in [1.29, 1.82) is 0 Å². The zero-order valence-electron chi connectivity index (χ0n) is 13.8. The number of nitrogens with zero attached hydrogens (tertiary/aromatic N) is 2. The molecule has 0 bridgehead atoms. The first-order valence-corrected chi connectivity index (χ1v) is 7.66. The van der Waals surface area contributed by atoms with Crippen LogP contribution in [-0.2, 0) is 11.3 Å². The normalized spacial score (nSPS) is 17.4. The van der Waals surface area contributed by atoms with E-state index in [0.717, 1.165) is 44.4 Å². The van der Waals surface area contributed by atoms with Crippen molar-refractivity contribution < 1.29 is 9.15 Å². The number of furan rings is 1. The lowest BCUT2D eigenvalue weighted by Crippen LogP contribution is -2.41. The van der Waals surface area contributed by atoms with Crippen molar-refractivity contribution in [2.75, 3.05) is 33.3 Å². The molecule has 1 fully saturated rings. The number of hydrogen-bond acceptors (Lipinski definition) is 3. The average molecular weight is 421 g/mol. The second-order valence-corrected chi connectivity index (χ2v) is 6.30. The summed E-state index contributed by atoms with van der Waals surface area (Å²) in [7, 11) is 1.85. The van der Waals surface area contributed by atoms with Gasteiger partial charge in [0.2, 0.25) is 0 Å². The maximum Gasteiger partial charge on any atom is 0.193 e. The van der Waals surface area contributed by atoms with Crippen LogP contribution < -0.4 is 5.32 Å². The first kappa shape index (κ1) is 19.3. The van der Waals surface area contributed by atoms with Gasteiger partial charge in [0.15, 0.2) is 5.96 Å². The summed E-state index contributed by atoms with van der Waals surface area (Å²) in [6.45, 7) is 8.91. The fourth-order valence-electron chi connectivity index (χ4n) is 2.57. The van der Waals surface area contributed by atoms with E-state index >= 15 is 0 Å². The van der Waals surface area contributed by atoms with Crippen LogP contribution in [-0.4, -0.2) is 44.1 Å². The Labute approximate surface area is 150 Å². The van der Waals surface area contributed by atoms with E-state index in [2.05, 4.69) is 29.1 Å². The van der Waals surface area contributed by atoms with E-state index in [1.807, 2.05) is 19.2 Å². The molecule has 0 saturated carbocycles. The molecular weight excluding hydrogens is 393 g/mol. The van der Waals surface area contributed by atoms with Crippen LogP contribution in [0.1, 0.15) is 32.4 Å². The Morgan fingerprint density at radius 3 is 2.91 bits per heavy atom. The van der Waals surface area contributed by atoms with Gasteiger partial charge in [-0.25, -0.2) is 0 Å². The van der Waals surface area contributed by atoms with Crippen molar-refractivity contribution in [3.8, 4) is 0 Å². The van der Waals surface area contributed by atoms with Crippen LogP contribution in [0.3, 0.4) is 0 Å². The molecule has 1 aromatic heterocycles. The molecule has 0 spiro atoms. The zero-order chi connectivity index (χ0) is 15.1. The number of rotatable bonds is 6. The highest BCUT2D eigenvalue weighted by Crippen LogP contribution is 2.28. The van der Waals surface area contributed by atoms with E-state index in [0.29, 0.717) is 12.0 Å². The fourth-order valence-corrected chi connectivity index (χ4v) is 2.57. The molecule has 6 heteroatoms. The van der Waals surface area contributed by atoms with Crippen molar-refractivity contribution in [2.24, 2.45) is 10.4 Å². The third kappa shape index (κ3) is 6.16. The molecule has 1 saturated heterocycles. The lowest BCUT2D eigenvalue weighted by Gasteiger charge is -2.23. The summed E-state index contributed by atoms with van der Waals surface area (Å²) in [4.78, 5) is 6.71. The molecule has 0 unspecified atom stereocenters. The average Bonchev–Trinajstić information content (AvgIpc) is 3.07. The number of hydrogen-bond donors (Lipinski definition) is 1. The number of likely N-dealkylation sites (tertiary alicyclic amines) is 1. The second kappa shape index (κ2) is 9.39. The van der Waals surface area contributed by atoms with Crippen LogP contribution in [0.25, 0.3) is 0 Å². The van der Waals surface area contributed by atoms with Gasteiger partial charge in [0.25, 0.3) is 0 Å². The van der Waals surface area contributed by atoms with Gasteiger partial charge in [-0.3, -0.25) is 4.99 Å². The smallest absolute Gasteiger partial charge is 0.193 e. The molecule has 2 rings (SSSR count). The third-order valence-corrected chi connectivity index (χ3v) is 3.76. The molecular formula is C16H28IN3O2. The van der Waals surface area contributed by atoms with E-state index in [4.69, 9.17) is 9.15 Å². The first-order chi connectivity index (χ1) is 10.1. The lowest BCUT2D eigenvalue weighted by atomic mass is 9.93. The molecule has 22 heavy (non-hydrogen) atoms. The Morgan fingerprint density at radius 2 is 2.32 bits per heavy atom. The van der Waals surface area contributed by atoms with E-state index in [9.17, 15) is 0 Å². The maximum absolute atomic E-state index is 5.56. The number of halogens is 1. The highest BCUT2D eigenvalue weighted by atomic mass is 127. The molecule has 2 heterocycles. The highest BCUT2D eigenvalue weighted by molar-refractivity contribution is 14.0. The number of aliphatic imine (C=N–C) groups is 1. The minimum atomic E-state index is 0. The van der Waals surface area contributed by atoms with Gasteiger partial charge >= 0.3 is 0 Å². The van der Waals surface area contributed by atoms with Crippen molar-refractivity contribution in [1.82, 2.24) is 10.2 Å². The van der Waals surface area contributed by atoms with Crippen molar-refractivity contribution >= 4 is 29.9 Å². The topological polar surface area (TPSA) is 50.0 Å². The molecule has 1 aromatic rings. The summed E-state index contributed by atoms with van der Waals surface area (Å²) < 4.78 is 10.8. The van der Waals surface area contributed by atoms with Crippen molar-refractivity contribution in [2.45, 2.75) is 33.3 Å². The van der Waals surface area contributed by atoms with Crippen LogP contribution in [0, 0.1) is 5.41 Å². The molecule has 126 valence electrons. The molecule has 0 amide bonds. The van der Waals surface area contributed by atoms with Crippen LogP contribution in [0.5, 0.6) is 0 Å². The van der Waals surface area contributed by atoms with Gasteiger partial charge in [-0.15, -0.1) is 24.0 Å². The fraction of sp³-hybridized carbons (Fsp3) is 0.688. The molecule has 0 aliphatic carbocycles. The van der Waals surface area contributed by atoms with Gasteiger partial charge in [0.05, 0.1) is 6.26 Å². The SMILES string of the molecule is CN=C(NCCCOCc1ccco1)N1CCC(C)(C)C1.I. The maximum atomic E-state index is 5.56. The van der Waals surface area contributed by atoms with Crippen LogP contribution in [0.4, 0.5) is 0 Å². The Hall–Kier alpha value is -0.760. The monoisotopic (exact) mass is 421 g/mol.